The van der Waals surface area contributed by atoms with Gasteiger partial charge in [0.25, 0.3) is 0 Å². The van der Waals surface area contributed by atoms with Crippen molar-refractivity contribution in [1.82, 2.24) is 19.6 Å². The van der Waals surface area contributed by atoms with Crippen LogP contribution in [0.5, 0.6) is 0 Å². The molecule has 0 aromatic rings. The summed E-state index contributed by atoms with van der Waals surface area (Å²) in [6, 6.07) is 0. The third-order valence-corrected chi connectivity index (χ3v) is 16.9. The molecule has 1 saturated heterocycles. The molecule has 1 aliphatic heterocycles. The third kappa shape index (κ3) is 54.4. The molecule has 0 spiro atoms. The molecule has 0 radical (unpaired) electrons. The maximum atomic E-state index is 12.9. The van der Waals surface area contributed by atoms with E-state index in [9.17, 15) is 19.2 Å². The summed E-state index contributed by atoms with van der Waals surface area (Å²) in [7, 11) is 0. The Bertz CT molecular complexity index is 1210. The number of hydrogen-bond acceptors (Lipinski definition) is 12. The fourth-order valence-electron chi connectivity index (χ4n) is 11.3. The van der Waals surface area contributed by atoms with E-state index in [4.69, 9.17) is 18.9 Å². The number of hydrogen-bond donors (Lipinski definition) is 0. The van der Waals surface area contributed by atoms with Gasteiger partial charge < -0.3 is 38.5 Å². The second-order valence-electron chi connectivity index (χ2n) is 24.7. The van der Waals surface area contributed by atoms with E-state index in [-0.39, 0.29) is 23.9 Å². The van der Waals surface area contributed by atoms with Gasteiger partial charge in [0.05, 0.1) is 52.1 Å². The fraction of sp³-hybridized carbons (Fsp3) is 0.943. The molecule has 484 valence electrons. The normalized spacial score (nSPS) is 13.1. The van der Waals surface area contributed by atoms with Crippen molar-refractivity contribution in [3.8, 4) is 0 Å². The summed E-state index contributed by atoms with van der Waals surface area (Å²) in [5, 5.41) is 0. The highest BCUT2D eigenvalue weighted by atomic mass is 16.5. The van der Waals surface area contributed by atoms with Crippen molar-refractivity contribution >= 4 is 23.9 Å². The van der Waals surface area contributed by atoms with E-state index in [0.717, 1.165) is 117 Å². The molecule has 0 aromatic heterocycles. The number of nitrogens with zero attached hydrogens (tertiary/aromatic N) is 4. The van der Waals surface area contributed by atoms with Gasteiger partial charge in [-0.2, -0.15) is 0 Å². The minimum absolute atomic E-state index is 0.140. The lowest BCUT2D eigenvalue weighted by Gasteiger charge is -2.35. The predicted molar refractivity (Wildman–Crippen MR) is 345 cm³/mol. The lowest BCUT2D eigenvalue weighted by Crippen LogP contribution is -2.47. The number of piperazine rings is 1. The monoisotopic (exact) mass is 1160 g/mol. The molecule has 0 saturated carbocycles. The first kappa shape index (κ1) is 77.7. The van der Waals surface area contributed by atoms with Crippen LogP contribution in [-0.2, 0) is 38.1 Å². The molecule has 0 aromatic carbocycles. The Morgan fingerprint density at radius 1 is 0.256 bits per heavy atom. The van der Waals surface area contributed by atoms with Crippen LogP contribution in [0, 0.1) is 0 Å². The summed E-state index contributed by atoms with van der Waals surface area (Å²) in [6.07, 6.45) is 53.4. The van der Waals surface area contributed by atoms with Gasteiger partial charge in [-0.05, 0) is 64.7 Å². The molecule has 0 bridgehead atoms. The van der Waals surface area contributed by atoms with Gasteiger partial charge in [0.2, 0.25) is 0 Å². The van der Waals surface area contributed by atoms with Gasteiger partial charge >= 0.3 is 23.9 Å². The molecule has 0 N–H and O–H groups in total. The smallest absolute Gasteiger partial charge is 0.307 e. The van der Waals surface area contributed by atoms with Crippen LogP contribution in [0.3, 0.4) is 0 Å². The van der Waals surface area contributed by atoms with Gasteiger partial charge in [0.15, 0.2) is 0 Å². The van der Waals surface area contributed by atoms with Crippen LogP contribution in [0.25, 0.3) is 0 Å². The van der Waals surface area contributed by atoms with Crippen LogP contribution in [0.1, 0.15) is 323 Å². The van der Waals surface area contributed by atoms with E-state index in [1.54, 1.807) is 0 Å². The molecule has 12 nitrogen and oxygen atoms in total. The lowest BCUT2D eigenvalue weighted by molar-refractivity contribution is -0.146. The van der Waals surface area contributed by atoms with Gasteiger partial charge in [-0.1, -0.05) is 259 Å². The van der Waals surface area contributed by atoms with Crippen molar-refractivity contribution in [1.29, 1.82) is 0 Å². The number of ether oxygens (including phenoxy) is 4. The van der Waals surface area contributed by atoms with Crippen molar-refractivity contribution in [2.75, 3.05) is 105 Å². The van der Waals surface area contributed by atoms with E-state index in [1.807, 2.05) is 0 Å². The molecule has 82 heavy (non-hydrogen) atoms. The van der Waals surface area contributed by atoms with E-state index in [0.29, 0.717) is 78.3 Å². The lowest BCUT2D eigenvalue weighted by atomic mass is 10.1. The number of carbonyl (C=O) groups is 4. The van der Waals surface area contributed by atoms with Gasteiger partial charge in [0, 0.05) is 52.4 Å². The molecule has 1 rings (SSSR count). The van der Waals surface area contributed by atoms with Gasteiger partial charge in [-0.3, -0.25) is 19.2 Å². The van der Waals surface area contributed by atoms with E-state index < -0.39 is 0 Å². The first-order valence-electron chi connectivity index (χ1n) is 35.8. The zero-order valence-electron chi connectivity index (χ0n) is 54.9. The molecule has 0 amide bonds. The van der Waals surface area contributed by atoms with E-state index >= 15 is 0 Å². The molecule has 12 heteroatoms. The van der Waals surface area contributed by atoms with Crippen LogP contribution >= 0.6 is 0 Å². The topological polar surface area (TPSA) is 118 Å². The summed E-state index contributed by atoms with van der Waals surface area (Å²) < 4.78 is 22.7. The average Bonchev–Trinajstić information content (AvgIpc) is 3.48. The second-order valence-corrected chi connectivity index (χ2v) is 24.7. The van der Waals surface area contributed by atoms with Gasteiger partial charge in [-0.25, -0.2) is 0 Å². The third-order valence-electron chi connectivity index (χ3n) is 16.9. The molecule has 1 aliphatic rings. The summed E-state index contributed by atoms with van der Waals surface area (Å²) in [6.45, 7) is 21.1. The Balaban J connectivity index is 2.57. The fourth-order valence-corrected chi connectivity index (χ4v) is 11.3. The standard InChI is InChI=1S/C70H136N4O8/c1-5-9-13-17-21-25-29-33-37-41-63-79-67(75)47-55-71(56-48-68(76)80-64-42-38-34-30-26-22-18-14-10-6-2)51-45-53-73-59-61-74(62-60-73)54-46-52-72(57-49-69(77)81-65-43-39-35-31-27-23-19-15-11-7-3)58-50-70(78)82-66-44-40-36-32-28-24-20-16-12-8-4/h5-66H2,1-4H3. The SMILES string of the molecule is CCCCCCCCCCCCOC(=O)CCN(CCCN1CCN(CCCN(CCC(=O)OCCCCCCCCCCCC)CCC(=O)OCCCCCCCCCCCC)CC1)CCC(=O)OCCCCCCCCCCCC. The number of unbranched alkanes of at least 4 members (excludes halogenated alkanes) is 36. The highest BCUT2D eigenvalue weighted by Crippen LogP contribution is 2.16. The maximum absolute atomic E-state index is 12.9. The summed E-state index contributed by atoms with van der Waals surface area (Å²) in [5.41, 5.74) is 0. The minimum Gasteiger partial charge on any atom is -0.466 e. The highest BCUT2D eigenvalue weighted by Gasteiger charge is 2.19. The van der Waals surface area contributed by atoms with Crippen LogP contribution in [0.15, 0.2) is 0 Å². The summed E-state index contributed by atoms with van der Waals surface area (Å²) >= 11 is 0. The Morgan fingerprint density at radius 3 is 0.634 bits per heavy atom. The van der Waals surface area contributed by atoms with E-state index in [2.05, 4.69) is 47.3 Å². The predicted octanol–water partition coefficient (Wildman–Crippen LogP) is 17.4. The Labute approximate surface area is 507 Å². The first-order chi connectivity index (χ1) is 40.3. The van der Waals surface area contributed by atoms with Gasteiger partial charge in [0.1, 0.15) is 0 Å². The Morgan fingerprint density at radius 2 is 0.439 bits per heavy atom. The van der Waals surface area contributed by atoms with Crippen LogP contribution in [-0.4, -0.2) is 148 Å². The molecule has 1 fully saturated rings. The van der Waals surface area contributed by atoms with Crippen LogP contribution < -0.4 is 0 Å². The summed E-state index contributed by atoms with van der Waals surface area (Å²) in [5.74, 6) is -0.562. The average molecular weight is 1160 g/mol. The molecule has 0 aliphatic carbocycles. The van der Waals surface area contributed by atoms with Crippen LogP contribution in [0.4, 0.5) is 0 Å². The maximum Gasteiger partial charge on any atom is 0.307 e. The second kappa shape index (κ2) is 61.8. The van der Waals surface area contributed by atoms with Crippen LogP contribution in [0.2, 0.25) is 0 Å². The summed E-state index contributed by atoms with van der Waals surface area (Å²) in [4.78, 5) is 61.1. The van der Waals surface area contributed by atoms with Crippen molar-refractivity contribution in [3.05, 3.63) is 0 Å². The number of rotatable bonds is 64. The minimum atomic E-state index is -0.140. The molecule has 0 unspecified atom stereocenters. The quantitative estimate of drug-likeness (QED) is 0.0328. The highest BCUT2D eigenvalue weighted by molar-refractivity contribution is 5.71. The first-order valence-corrected chi connectivity index (χ1v) is 35.8. The molecule has 1 heterocycles. The molecular weight excluding hydrogens is 1020 g/mol. The van der Waals surface area contributed by atoms with Gasteiger partial charge in [-0.15, -0.1) is 0 Å². The molecular formula is C70H136N4O8. The number of esters is 4. The van der Waals surface area contributed by atoms with Crippen molar-refractivity contribution in [2.45, 2.75) is 323 Å². The van der Waals surface area contributed by atoms with E-state index in [1.165, 1.54) is 205 Å². The number of carbonyl (C=O) groups excluding carboxylic acids is 4. The van der Waals surface area contributed by atoms with Crippen molar-refractivity contribution < 1.29 is 38.1 Å². The zero-order valence-corrected chi connectivity index (χ0v) is 54.9. The largest absolute Gasteiger partial charge is 0.466 e. The Hall–Kier alpha value is -2.28. The van der Waals surface area contributed by atoms with Crippen molar-refractivity contribution in [3.63, 3.8) is 0 Å². The Kier molecular flexibility index (Phi) is 58.6. The zero-order chi connectivity index (χ0) is 59.3. The van der Waals surface area contributed by atoms with Crippen molar-refractivity contribution in [2.24, 2.45) is 0 Å². The molecule has 0 atom stereocenters.